The molecule has 4 aromatic heterocycles. The molecule has 201 valence electrons. The molecule has 0 saturated heterocycles. The van der Waals surface area contributed by atoms with Crippen molar-refractivity contribution in [2.75, 3.05) is 0 Å². The number of aromatic nitrogens is 2. The quantitative estimate of drug-likeness (QED) is 0.171. The molecular formula is C35H28IrN2OS-2. The summed E-state index contributed by atoms with van der Waals surface area (Å²) in [7, 11) is 0. The first kappa shape index (κ1) is 25.3. The maximum absolute atomic E-state index is 8.61. The van der Waals surface area contributed by atoms with Crippen molar-refractivity contribution in [1.82, 2.24) is 9.97 Å². The topological polar surface area (TPSA) is 38.9 Å². The Balaban J connectivity index is 0.000000228. The third-order valence-corrected chi connectivity index (χ3v) is 7.10. The van der Waals surface area contributed by atoms with Crippen LogP contribution in [-0.4, -0.2) is 9.97 Å². The van der Waals surface area contributed by atoms with E-state index in [9.17, 15) is 0 Å². The van der Waals surface area contributed by atoms with Crippen LogP contribution in [-0.2, 0) is 26.5 Å². The smallest absolute Gasteiger partial charge is 0.129 e. The second kappa shape index (κ2) is 11.9. The molecule has 5 heteroatoms. The standard InChI is InChI=1S/C24H20NOS.C11H8N.Ir/c1-24(2,3)14-15-9-11-25-20(13-15)18-6-4-5-16-17-7-8-21-19(10-12-27-21)23(17)26-22(16)18;1-2-6-10(7-3-1)11-8-4-5-9-12-11;/h4-5,7-13H,14H2,1-3H3;1-6,8-9H;/q2*-1;/i14D2;;. The van der Waals surface area contributed by atoms with Crippen molar-refractivity contribution < 1.29 is 27.3 Å². The van der Waals surface area contributed by atoms with E-state index in [2.05, 4.69) is 45.7 Å². The first-order valence-corrected chi connectivity index (χ1v) is 13.7. The van der Waals surface area contributed by atoms with E-state index >= 15 is 0 Å². The predicted molar refractivity (Wildman–Crippen MR) is 163 cm³/mol. The monoisotopic (exact) mass is 719 g/mol. The molecular weight excluding hydrogens is 689 g/mol. The molecule has 0 bridgehead atoms. The summed E-state index contributed by atoms with van der Waals surface area (Å²) in [5.41, 5.74) is 5.12. The Morgan fingerprint density at radius 2 is 1.62 bits per heavy atom. The van der Waals surface area contributed by atoms with Gasteiger partial charge < -0.3 is 14.4 Å². The van der Waals surface area contributed by atoms with Crippen LogP contribution in [0.25, 0.3) is 54.5 Å². The zero-order valence-corrected chi connectivity index (χ0v) is 25.6. The Kier molecular flexibility index (Phi) is 7.51. The fourth-order valence-electron chi connectivity index (χ4n) is 4.59. The molecule has 0 aliphatic rings. The van der Waals surface area contributed by atoms with Gasteiger partial charge in [-0.25, -0.2) is 0 Å². The SMILES string of the molecule is [2H]C([2H])(c1ccnc(-c2[c-]ccc3c2oc2c4ccsc4ccc32)c1)C(C)(C)C.[Ir].[c-]1ccccc1-c1ccccn1. The van der Waals surface area contributed by atoms with Gasteiger partial charge in [-0.3, -0.25) is 0 Å². The van der Waals surface area contributed by atoms with Gasteiger partial charge in [0.15, 0.2) is 0 Å². The minimum atomic E-state index is -1.49. The molecule has 0 aliphatic carbocycles. The van der Waals surface area contributed by atoms with E-state index in [0.29, 0.717) is 11.3 Å². The molecule has 1 radical (unpaired) electrons. The molecule has 0 N–H and O–H groups in total. The van der Waals surface area contributed by atoms with Crippen molar-refractivity contribution in [3.63, 3.8) is 0 Å². The molecule has 0 atom stereocenters. The van der Waals surface area contributed by atoms with E-state index < -0.39 is 11.8 Å². The third kappa shape index (κ3) is 5.92. The van der Waals surface area contributed by atoms with Crippen LogP contribution in [0.3, 0.4) is 0 Å². The molecule has 0 saturated carbocycles. The molecule has 7 aromatic rings. The van der Waals surface area contributed by atoms with Crippen LogP contribution in [0.2, 0.25) is 0 Å². The van der Waals surface area contributed by atoms with Gasteiger partial charge in [0.2, 0.25) is 0 Å². The number of hydrogen-bond donors (Lipinski definition) is 0. The zero-order chi connectivity index (χ0) is 28.6. The third-order valence-electron chi connectivity index (χ3n) is 6.21. The van der Waals surface area contributed by atoms with Gasteiger partial charge in [-0.1, -0.05) is 61.5 Å². The van der Waals surface area contributed by atoms with E-state index in [1.54, 1.807) is 29.8 Å². The average molecular weight is 719 g/mol. The molecule has 3 aromatic carbocycles. The van der Waals surface area contributed by atoms with E-state index in [4.69, 9.17) is 7.16 Å². The van der Waals surface area contributed by atoms with Crippen molar-refractivity contribution >= 4 is 43.4 Å². The van der Waals surface area contributed by atoms with Crippen LogP contribution < -0.4 is 0 Å². The number of rotatable bonds is 3. The number of thiophene rings is 1. The molecule has 0 aliphatic heterocycles. The first-order valence-electron chi connectivity index (χ1n) is 13.8. The van der Waals surface area contributed by atoms with Gasteiger partial charge in [-0.05, 0) is 52.8 Å². The van der Waals surface area contributed by atoms with Crippen LogP contribution in [0, 0.1) is 17.5 Å². The number of furan rings is 1. The average Bonchev–Trinajstić information content (AvgIpc) is 3.63. The van der Waals surface area contributed by atoms with Crippen LogP contribution >= 0.6 is 11.3 Å². The van der Waals surface area contributed by atoms with Gasteiger partial charge in [0, 0.05) is 50.7 Å². The maximum atomic E-state index is 8.61. The van der Waals surface area contributed by atoms with Gasteiger partial charge in [-0.2, -0.15) is 0 Å². The van der Waals surface area contributed by atoms with E-state index in [0.717, 1.165) is 44.1 Å². The number of benzene rings is 3. The summed E-state index contributed by atoms with van der Waals surface area (Å²) < 4.78 is 24.8. The normalized spacial score (nSPS) is 12.4. The molecule has 40 heavy (non-hydrogen) atoms. The molecule has 0 spiro atoms. The number of hydrogen-bond acceptors (Lipinski definition) is 4. The predicted octanol–water partition coefficient (Wildman–Crippen LogP) is 9.80. The van der Waals surface area contributed by atoms with Gasteiger partial charge in [0.1, 0.15) is 5.58 Å². The van der Waals surface area contributed by atoms with Gasteiger partial charge in [0.05, 0.1) is 5.58 Å². The molecule has 0 unspecified atom stereocenters. The van der Waals surface area contributed by atoms with Gasteiger partial charge in [0.25, 0.3) is 0 Å². The summed E-state index contributed by atoms with van der Waals surface area (Å²) in [6.45, 7) is 5.72. The number of pyridine rings is 2. The molecule has 7 rings (SSSR count). The number of nitrogens with zero attached hydrogens (tertiary/aromatic N) is 2. The molecule has 0 amide bonds. The van der Waals surface area contributed by atoms with E-state index in [-0.39, 0.29) is 20.1 Å². The van der Waals surface area contributed by atoms with Crippen molar-refractivity contribution in [3.05, 3.63) is 120 Å². The van der Waals surface area contributed by atoms with E-state index in [1.807, 2.05) is 81.4 Å². The second-order valence-corrected chi connectivity index (χ2v) is 11.2. The van der Waals surface area contributed by atoms with Crippen molar-refractivity contribution in [2.45, 2.75) is 27.1 Å². The van der Waals surface area contributed by atoms with E-state index in [1.165, 1.54) is 4.70 Å². The Morgan fingerprint density at radius 3 is 2.40 bits per heavy atom. The zero-order valence-electron chi connectivity index (χ0n) is 24.4. The minimum Gasteiger partial charge on any atom is -0.500 e. The van der Waals surface area contributed by atoms with Gasteiger partial charge in [-0.15, -0.1) is 65.4 Å². The Bertz CT molecular complexity index is 1920. The minimum absolute atomic E-state index is 0. The first-order chi connectivity index (χ1) is 19.7. The second-order valence-electron chi connectivity index (χ2n) is 10.3. The summed E-state index contributed by atoms with van der Waals surface area (Å²) in [4.78, 5) is 8.74. The Labute approximate surface area is 255 Å². The Morgan fingerprint density at radius 1 is 0.800 bits per heavy atom. The fraction of sp³-hybridized carbons (Fsp3) is 0.143. The summed E-state index contributed by atoms with van der Waals surface area (Å²) >= 11 is 1.70. The molecule has 3 nitrogen and oxygen atoms in total. The van der Waals surface area contributed by atoms with Crippen LogP contribution in [0.5, 0.6) is 0 Å². The molecule has 0 fully saturated rings. The summed E-state index contributed by atoms with van der Waals surface area (Å²) in [5.74, 6) is 0. The van der Waals surface area contributed by atoms with Crippen molar-refractivity contribution in [1.29, 1.82) is 0 Å². The van der Waals surface area contributed by atoms with Crippen LogP contribution in [0.15, 0.2) is 107 Å². The van der Waals surface area contributed by atoms with Crippen molar-refractivity contribution in [2.24, 2.45) is 5.41 Å². The largest absolute Gasteiger partial charge is 0.500 e. The van der Waals surface area contributed by atoms with Crippen LogP contribution in [0.4, 0.5) is 0 Å². The summed E-state index contributed by atoms with van der Waals surface area (Å²) in [5, 5.41) is 5.28. The maximum Gasteiger partial charge on any atom is 0.129 e. The molecule has 4 heterocycles. The number of fused-ring (bicyclic) bond motifs is 5. The summed E-state index contributed by atoms with van der Waals surface area (Å²) in [6.07, 6.45) is 1.96. The summed E-state index contributed by atoms with van der Waals surface area (Å²) in [6, 6.07) is 33.9. The van der Waals surface area contributed by atoms with Gasteiger partial charge >= 0.3 is 0 Å². The van der Waals surface area contributed by atoms with Crippen molar-refractivity contribution in [3.8, 4) is 22.5 Å². The van der Waals surface area contributed by atoms with Crippen LogP contribution in [0.1, 0.15) is 29.1 Å². The fourth-order valence-corrected chi connectivity index (χ4v) is 5.37. The Hall–Kier alpha value is -3.63.